The van der Waals surface area contributed by atoms with Crippen molar-refractivity contribution in [3.8, 4) is 0 Å². The Hall–Kier alpha value is -0.710. The average molecular weight is 256 g/mol. The molecule has 0 aromatic carbocycles. The van der Waals surface area contributed by atoms with Crippen LogP contribution in [0.15, 0.2) is 0 Å². The molecule has 2 rings (SSSR count). The van der Waals surface area contributed by atoms with E-state index in [4.69, 9.17) is 0 Å². The summed E-state index contributed by atoms with van der Waals surface area (Å²) in [5.74, 6) is 1.18. The Bertz CT molecular complexity index is 322. The van der Waals surface area contributed by atoms with Gasteiger partial charge in [0.1, 0.15) is 12.6 Å². The van der Waals surface area contributed by atoms with Gasteiger partial charge in [0.25, 0.3) is 0 Å². The van der Waals surface area contributed by atoms with Gasteiger partial charge in [-0.2, -0.15) is 11.8 Å². The lowest BCUT2D eigenvalue weighted by Gasteiger charge is -2.44. The molecule has 5 heteroatoms. The van der Waals surface area contributed by atoms with Gasteiger partial charge in [-0.05, 0) is 32.4 Å². The van der Waals surface area contributed by atoms with Gasteiger partial charge >= 0.3 is 0 Å². The molecule has 2 heterocycles. The zero-order valence-corrected chi connectivity index (χ0v) is 11.3. The number of rotatable bonds is 3. The first-order valence-electron chi connectivity index (χ1n) is 6.24. The lowest BCUT2D eigenvalue weighted by molar-refractivity contribution is -0.159. The Morgan fingerprint density at radius 3 is 2.88 bits per heavy atom. The summed E-state index contributed by atoms with van der Waals surface area (Å²) in [4.78, 5) is 27.9. The number of carbonyl (C=O) groups excluding carboxylic acids is 2. The SMILES string of the molecule is CSCC(C)N1CC(=O)N2CCCCC2C1=O. The molecule has 2 atom stereocenters. The van der Waals surface area contributed by atoms with Gasteiger partial charge in [-0.25, -0.2) is 0 Å². The Kier molecular flexibility index (Phi) is 3.97. The highest BCUT2D eigenvalue weighted by atomic mass is 32.2. The molecule has 17 heavy (non-hydrogen) atoms. The molecule has 0 aromatic rings. The van der Waals surface area contributed by atoms with Gasteiger partial charge in [0, 0.05) is 18.3 Å². The van der Waals surface area contributed by atoms with Crippen LogP contribution in [0.25, 0.3) is 0 Å². The van der Waals surface area contributed by atoms with E-state index in [0.29, 0.717) is 0 Å². The van der Waals surface area contributed by atoms with Crippen molar-refractivity contribution in [3.63, 3.8) is 0 Å². The van der Waals surface area contributed by atoms with Crippen LogP contribution in [0.5, 0.6) is 0 Å². The molecule has 2 saturated heterocycles. The van der Waals surface area contributed by atoms with Crippen LogP contribution in [0.3, 0.4) is 0 Å². The van der Waals surface area contributed by atoms with Crippen molar-refractivity contribution in [2.24, 2.45) is 0 Å². The summed E-state index contributed by atoms with van der Waals surface area (Å²) in [6.45, 7) is 3.07. The Labute approximate surface area is 107 Å². The summed E-state index contributed by atoms with van der Waals surface area (Å²) in [5, 5.41) is 0. The summed E-state index contributed by atoms with van der Waals surface area (Å²) in [7, 11) is 0. The smallest absolute Gasteiger partial charge is 0.246 e. The van der Waals surface area contributed by atoms with Gasteiger partial charge in [0.15, 0.2) is 0 Å². The summed E-state index contributed by atoms with van der Waals surface area (Å²) in [6.07, 6.45) is 4.97. The van der Waals surface area contributed by atoms with Crippen LogP contribution in [0.1, 0.15) is 26.2 Å². The Balaban J connectivity index is 2.11. The zero-order valence-electron chi connectivity index (χ0n) is 10.5. The minimum atomic E-state index is -0.172. The fourth-order valence-corrected chi connectivity index (χ4v) is 3.36. The van der Waals surface area contributed by atoms with E-state index in [1.807, 2.05) is 13.2 Å². The van der Waals surface area contributed by atoms with Gasteiger partial charge in [-0.15, -0.1) is 0 Å². The third-order valence-corrected chi connectivity index (χ3v) is 4.45. The number of piperazine rings is 1. The minimum absolute atomic E-state index is 0.127. The minimum Gasteiger partial charge on any atom is -0.329 e. The van der Waals surface area contributed by atoms with Gasteiger partial charge in [0.05, 0.1) is 0 Å². The highest BCUT2D eigenvalue weighted by Gasteiger charge is 2.41. The van der Waals surface area contributed by atoms with E-state index >= 15 is 0 Å². The van der Waals surface area contributed by atoms with Gasteiger partial charge in [0.2, 0.25) is 11.8 Å². The summed E-state index contributed by atoms with van der Waals surface area (Å²) >= 11 is 1.72. The molecule has 0 spiro atoms. The number of fused-ring (bicyclic) bond motifs is 1. The standard InChI is InChI=1S/C12H20N2O2S/c1-9(8-17-2)14-7-11(15)13-6-4-3-5-10(13)12(14)16/h9-10H,3-8H2,1-2H3. The maximum absolute atomic E-state index is 12.3. The van der Waals surface area contributed by atoms with Crippen LogP contribution in [-0.2, 0) is 9.59 Å². The lowest BCUT2D eigenvalue weighted by Crippen LogP contribution is -2.63. The molecule has 2 amide bonds. The number of hydrogen-bond donors (Lipinski definition) is 0. The van der Waals surface area contributed by atoms with E-state index in [0.717, 1.165) is 31.6 Å². The molecule has 2 aliphatic heterocycles. The normalized spacial score (nSPS) is 27.1. The van der Waals surface area contributed by atoms with Crippen molar-refractivity contribution in [2.75, 3.05) is 25.1 Å². The fraction of sp³-hybridized carbons (Fsp3) is 0.833. The number of nitrogens with zero attached hydrogens (tertiary/aromatic N) is 2. The largest absolute Gasteiger partial charge is 0.329 e. The van der Waals surface area contributed by atoms with E-state index in [9.17, 15) is 9.59 Å². The van der Waals surface area contributed by atoms with Crippen LogP contribution in [-0.4, -0.2) is 58.8 Å². The molecule has 2 fully saturated rings. The lowest BCUT2D eigenvalue weighted by atomic mass is 9.97. The van der Waals surface area contributed by atoms with Crippen molar-refractivity contribution >= 4 is 23.6 Å². The third kappa shape index (κ3) is 2.44. The molecule has 4 nitrogen and oxygen atoms in total. The fourth-order valence-electron chi connectivity index (χ4n) is 2.70. The molecular weight excluding hydrogens is 236 g/mol. The maximum Gasteiger partial charge on any atom is 0.246 e. The predicted molar refractivity (Wildman–Crippen MR) is 68.9 cm³/mol. The molecule has 0 N–H and O–H groups in total. The van der Waals surface area contributed by atoms with Crippen molar-refractivity contribution in [3.05, 3.63) is 0 Å². The monoisotopic (exact) mass is 256 g/mol. The third-order valence-electron chi connectivity index (χ3n) is 3.64. The summed E-state index contributed by atoms with van der Waals surface area (Å²) in [5.41, 5.74) is 0. The van der Waals surface area contributed by atoms with Crippen molar-refractivity contribution in [1.82, 2.24) is 9.80 Å². The highest BCUT2D eigenvalue weighted by Crippen LogP contribution is 2.24. The first-order chi connectivity index (χ1) is 8.15. The van der Waals surface area contributed by atoms with E-state index in [2.05, 4.69) is 0 Å². The van der Waals surface area contributed by atoms with E-state index < -0.39 is 0 Å². The van der Waals surface area contributed by atoms with E-state index in [1.165, 1.54) is 0 Å². The molecule has 0 radical (unpaired) electrons. The first-order valence-corrected chi connectivity index (χ1v) is 7.63. The topological polar surface area (TPSA) is 40.6 Å². The number of thioether (sulfide) groups is 1. The van der Waals surface area contributed by atoms with Crippen molar-refractivity contribution < 1.29 is 9.59 Å². The van der Waals surface area contributed by atoms with Crippen LogP contribution < -0.4 is 0 Å². The van der Waals surface area contributed by atoms with Crippen LogP contribution in [0.2, 0.25) is 0 Å². The molecule has 0 bridgehead atoms. The molecule has 96 valence electrons. The quantitative estimate of drug-likeness (QED) is 0.755. The number of piperidine rings is 1. The second-order valence-electron chi connectivity index (χ2n) is 4.87. The summed E-state index contributed by atoms with van der Waals surface area (Å²) in [6, 6.07) is -0.0140. The molecule has 0 aliphatic carbocycles. The number of hydrogen-bond acceptors (Lipinski definition) is 3. The molecule has 0 aromatic heterocycles. The van der Waals surface area contributed by atoms with Crippen LogP contribution in [0, 0.1) is 0 Å². The number of amides is 2. The van der Waals surface area contributed by atoms with Crippen molar-refractivity contribution in [2.45, 2.75) is 38.3 Å². The Morgan fingerprint density at radius 1 is 1.41 bits per heavy atom. The van der Waals surface area contributed by atoms with Crippen LogP contribution in [0.4, 0.5) is 0 Å². The average Bonchev–Trinajstić information content (AvgIpc) is 2.34. The van der Waals surface area contributed by atoms with Gasteiger partial charge in [-0.1, -0.05) is 0 Å². The highest BCUT2D eigenvalue weighted by molar-refractivity contribution is 7.98. The molecule has 2 unspecified atom stereocenters. The zero-order chi connectivity index (χ0) is 12.4. The molecule has 2 aliphatic rings. The maximum atomic E-state index is 12.3. The van der Waals surface area contributed by atoms with E-state index in [1.54, 1.807) is 21.6 Å². The second-order valence-corrected chi connectivity index (χ2v) is 5.78. The first kappa shape index (κ1) is 12.7. The van der Waals surface area contributed by atoms with Gasteiger partial charge in [-0.3, -0.25) is 9.59 Å². The number of carbonyl (C=O) groups is 2. The molecular formula is C12H20N2O2S. The predicted octanol–water partition coefficient (Wildman–Crippen LogP) is 0.961. The molecule has 0 saturated carbocycles. The Morgan fingerprint density at radius 2 is 2.18 bits per heavy atom. The second kappa shape index (κ2) is 5.29. The summed E-state index contributed by atoms with van der Waals surface area (Å²) < 4.78 is 0. The van der Waals surface area contributed by atoms with Gasteiger partial charge < -0.3 is 9.80 Å². The van der Waals surface area contributed by atoms with E-state index in [-0.39, 0.29) is 30.4 Å². The van der Waals surface area contributed by atoms with Crippen LogP contribution >= 0.6 is 11.8 Å². The van der Waals surface area contributed by atoms with Crippen molar-refractivity contribution in [1.29, 1.82) is 0 Å².